The molecule has 18 rings (SSSR count). The van der Waals surface area contributed by atoms with Crippen molar-refractivity contribution in [3.8, 4) is 39.3 Å². The van der Waals surface area contributed by atoms with Gasteiger partial charge in [0.2, 0.25) is 0 Å². The van der Waals surface area contributed by atoms with Gasteiger partial charge in [0.1, 0.15) is 0 Å². The molecule has 0 radical (unpaired) electrons. The van der Waals surface area contributed by atoms with E-state index in [4.69, 9.17) is 0 Å². The van der Waals surface area contributed by atoms with E-state index in [1.54, 1.807) is 0 Å². The number of fused-ring (bicyclic) bond motifs is 16. The second kappa shape index (κ2) is 18.7. The van der Waals surface area contributed by atoms with E-state index in [-0.39, 0.29) is 6.71 Å². The first kappa shape index (κ1) is 48.5. The summed E-state index contributed by atoms with van der Waals surface area (Å²) < 4.78 is 7.68. The number of hydrogen-bond acceptors (Lipinski definition) is 2. The molecule has 0 saturated heterocycles. The Morgan fingerprint density at radius 1 is 0.256 bits per heavy atom. The Balaban J connectivity index is 0.970. The normalized spacial score (nSPS) is 12.7. The molecule has 5 nitrogen and oxygen atoms in total. The fourth-order valence-electron chi connectivity index (χ4n) is 14.8. The average molecular weight is 1100 g/mol. The molecule has 0 spiro atoms. The third kappa shape index (κ3) is 7.01. The fraction of sp³-hybridized carbons (Fsp3) is 0.0250. The van der Waals surface area contributed by atoms with E-state index < -0.39 is 0 Å². The molecular weight excluding hydrogens is 1040 g/mol. The van der Waals surface area contributed by atoms with Gasteiger partial charge in [-0.05, 0) is 156 Å². The van der Waals surface area contributed by atoms with Crippen LogP contribution in [-0.4, -0.2) is 20.4 Å². The van der Waals surface area contributed by atoms with Crippen LogP contribution >= 0.6 is 0 Å². The Bertz CT molecular complexity index is 5360. The van der Waals surface area contributed by atoms with Crippen LogP contribution in [0.1, 0.15) is 11.1 Å². The van der Waals surface area contributed by atoms with E-state index in [1.807, 2.05) is 0 Å². The first-order valence-electron chi connectivity index (χ1n) is 29.9. The molecule has 0 amide bonds. The van der Waals surface area contributed by atoms with Crippen LogP contribution in [0.25, 0.3) is 105 Å². The zero-order valence-corrected chi connectivity index (χ0v) is 47.5. The van der Waals surface area contributed by atoms with Gasteiger partial charge in [0.25, 0.3) is 6.71 Å². The van der Waals surface area contributed by atoms with Crippen molar-refractivity contribution in [2.75, 3.05) is 9.80 Å². The third-order valence-corrected chi connectivity index (χ3v) is 18.5. The maximum Gasteiger partial charge on any atom is 0.252 e. The second-order valence-corrected chi connectivity index (χ2v) is 23.3. The molecule has 0 atom stereocenters. The minimum atomic E-state index is -0.130. The standard InChI is InChI=1S/C80H54BN5/c1-51-36-40-53(41-37-51)55-20-18-27-60(48-55)83-72-35-19-34-71-77(72)81(65-46-44-56(49-73(65)83)54-42-38-52(2)39-43-54)66-50-61(45-47-70(66)82(71)57-21-6-3-7-22-57)86-69-33-17-14-30-64(69)76-79-74(62-28-12-15-31-67(62)84(79)58-23-8-4-9-24-58)78-75(80(76)86)63-29-13-16-32-68(63)85(78)59-25-10-5-11-26-59/h3-50H,1-2H3. The maximum absolute atomic E-state index is 2.61. The van der Waals surface area contributed by atoms with Crippen molar-refractivity contribution in [1.29, 1.82) is 0 Å². The summed E-state index contributed by atoms with van der Waals surface area (Å²) in [6, 6.07) is 109. The van der Waals surface area contributed by atoms with E-state index in [0.717, 1.165) is 39.6 Å². The lowest BCUT2D eigenvalue weighted by Crippen LogP contribution is -2.61. The molecule has 0 bridgehead atoms. The van der Waals surface area contributed by atoms with Crippen molar-refractivity contribution in [3.05, 3.63) is 302 Å². The summed E-state index contributed by atoms with van der Waals surface area (Å²) >= 11 is 0. The summed E-state index contributed by atoms with van der Waals surface area (Å²) in [5.41, 5.74) is 28.4. The largest absolute Gasteiger partial charge is 0.311 e. The molecule has 0 fully saturated rings. The SMILES string of the molecule is Cc1ccc(-c2cccc(N3c4cc(-c5ccc(C)cc5)ccc4B4c5cc(-n6c7ccccc7c7c8c(c9ccccc9n8-c8ccccc8)c8c(c9ccccc9n8-c8ccccc8)c76)ccc5N(c5ccccc5)c5cccc3c54)c2)cc1. The first-order valence-corrected chi connectivity index (χ1v) is 29.9. The van der Waals surface area contributed by atoms with E-state index in [1.165, 1.54) is 127 Å². The van der Waals surface area contributed by atoms with Gasteiger partial charge in [-0.3, -0.25) is 0 Å². The lowest BCUT2D eigenvalue weighted by molar-refractivity contribution is 1.17. The van der Waals surface area contributed by atoms with Gasteiger partial charge in [-0.25, -0.2) is 0 Å². The average Bonchev–Trinajstić information content (AvgIpc) is 1.44. The third-order valence-electron chi connectivity index (χ3n) is 18.5. The van der Waals surface area contributed by atoms with Crippen molar-refractivity contribution < 1.29 is 0 Å². The van der Waals surface area contributed by atoms with Crippen molar-refractivity contribution >= 4 is 123 Å². The predicted molar refractivity (Wildman–Crippen MR) is 364 cm³/mol. The van der Waals surface area contributed by atoms with Gasteiger partial charge >= 0.3 is 0 Å². The number of benzene rings is 13. The number of aryl methyl sites for hydroxylation is 2. The molecule has 16 aromatic rings. The number of para-hydroxylation sites is 6. The smallest absolute Gasteiger partial charge is 0.252 e. The van der Waals surface area contributed by atoms with Gasteiger partial charge in [0.05, 0.1) is 33.1 Å². The Kier molecular flexibility index (Phi) is 10.5. The molecule has 2 aliphatic heterocycles. The molecular formula is C80H54BN5. The van der Waals surface area contributed by atoms with E-state index in [2.05, 4.69) is 329 Å². The van der Waals surface area contributed by atoms with E-state index >= 15 is 0 Å². The van der Waals surface area contributed by atoms with Crippen LogP contribution in [0, 0.1) is 13.8 Å². The minimum absolute atomic E-state index is 0.130. The fourth-order valence-corrected chi connectivity index (χ4v) is 14.8. The van der Waals surface area contributed by atoms with Gasteiger partial charge in [-0.15, -0.1) is 0 Å². The van der Waals surface area contributed by atoms with Crippen LogP contribution in [0.4, 0.5) is 34.1 Å². The molecule has 2 aliphatic rings. The maximum atomic E-state index is 2.61. The zero-order chi connectivity index (χ0) is 56.7. The predicted octanol–water partition coefficient (Wildman–Crippen LogP) is 19.0. The lowest BCUT2D eigenvalue weighted by Gasteiger charge is -2.44. The van der Waals surface area contributed by atoms with Crippen molar-refractivity contribution in [3.63, 3.8) is 0 Å². The quantitative estimate of drug-likeness (QED) is 0.148. The zero-order valence-electron chi connectivity index (χ0n) is 47.5. The van der Waals surface area contributed by atoms with Crippen LogP contribution in [0.2, 0.25) is 0 Å². The van der Waals surface area contributed by atoms with Gasteiger partial charge in [-0.1, -0.05) is 199 Å². The summed E-state index contributed by atoms with van der Waals surface area (Å²) in [5, 5.41) is 7.33. The van der Waals surface area contributed by atoms with Crippen LogP contribution in [0.5, 0.6) is 0 Å². The number of rotatable bonds is 7. The number of hydrogen-bond donors (Lipinski definition) is 0. The highest BCUT2D eigenvalue weighted by Gasteiger charge is 2.44. The number of anilines is 6. The molecule has 3 aromatic heterocycles. The molecule has 0 N–H and O–H groups in total. The summed E-state index contributed by atoms with van der Waals surface area (Å²) in [6.45, 7) is 4.19. The highest BCUT2D eigenvalue weighted by molar-refractivity contribution is 7.00. The van der Waals surface area contributed by atoms with Crippen LogP contribution < -0.4 is 26.2 Å². The highest BCUT2D eigenvalue weighted by atomic mass is 15.2. The molecule has 0 unspecified atom stereocenters. The molecule has 0 saturated carbocycles. The molecule has 5 heterocycles. The van der Waals surface area contributed by atoms with Crippen LogP contribution in [-0.2, 0) is 0 Å². The Morgan fingerprint density at radius 2 is 0.674 bits per heavy atom. The Morgan fingerprint density at radius 3 is 1.20 bits per heavy atom. The summed E-state index contributed by atoms with van der Waals surface area (Å²) in [7, 11) is 0. The lowest BCUT2D eigenvalue weighted by atomic mass is 9.33. The van der Waals surface area contributed by atoms with Crippen molar-refractivity contribution in [2.24, 2.45) is 0 Å². The summed E-state index contributed by atoms with van der Waals surface area (Å²) in [5.74, 6) is 0. The number of aromatic nitrogens is 3. The van der Waals surface area contributed by atoms with Gasteiger partial charge < -0.3 is 23.5 Å². The molecule has 6 heteroatoms. The summed E-state index contributed by atoms with van der Waals surface area (Å²) in [6.07, 6.45) is 0. The van der Waals surface area contributed by atoms with E-state index in [9.17, 15) is 0 Å². The van der Waals surface area contributed by atoms with Crippen molar-refractivity contribution in [2.45, 2.75) is 13.8 Å². The second-order valence-electron chi connectivity index (χ2n) is 23.3. The number of nitrogens with zero attached hydrogens (tertiary/aromatic N) is 5. The van der Waals surface area contributed by atoms with E-state index in [0.29, 0.717) is 0 Å². The van der Waals surface area contributed by atoms with Gasteiger partial charge in [0.15, 0.2) is 0 Å². The molecule has 402 valence electrons. The van der Waals surface area contributed by atoms with Gasteiger partial charge in [0, 0.05) is 83.5 Å². The van der Waals surface area contributed by atoms with Gasteiger partial charge in [-0.2, -0.15) is 0 Å². The first-order chi connectivity index (χ1) is 42.5. The Labute approximate surface area is 498 Å². The Hall–Kier alpha value is -11.1. The molecule has 86 heavy (non-hydrogen) atoms. The monoisotopic (exact) mass is 1100 g/mol. The minimum Gasteiger partial charge on any atom is -0.311 e. The van der Waals surface area contributed by atoms with Crippen LogP contribution in [0.15, 0.2) is 291 Å². The van der Waals surface area contributed by atoms with Crippen molar-refractivity contribution in [1.82, 2.24) is 13.7 Å². The topological polar surface area (TPSA) is 21.3 Å². The molecule has 0 aliphatic carbocycles. The summed E-state index contributed by atoms with van der Waals surface area (Å²) in [4.78, 5) is 5.06. The van der Waals surface area contributed by atoms with Crippen LogP contribution in [0.3, 0.4) is 0 Å². The molecule has 13 aromatic carbocycles. The highest BCUT2D eigenvalue weighted by Crippen LogP contribution is 2.51.